The highest BCUT2D eigenvalue weighted by molar-refractivity contribution is 6.36. The highest BCUT2D eigenvalue weighted by Gasteiger charge is 2.28. The maximum absolute atomic E-state index is 12.7. The Labute approximate surface area is 134 Å². The molecule has 1 aromatic carbocycles. The van der Waals surface area contributed by atoms with Crippen LogP contribution < -0.4 is 4.74 Å². The van der Waals surface area contributed by atoms with Gasteiger partial charge >= 0.3 is 5.97 Å². The summed E-state index contributed by atoms with van der Waals surface area (Å²) in [6.45, 7) is 7.07. The minimum absolute atomic E-state index is 0.163. The summed E-state index contributed by atoms with van der Waals surface area (Å²) in [5, 5.41) is 9.54. The fourth-order valence-corrected chi connectivity index (χ4v) is 2.11. The van der Waals surface area contributed by atoms with Crippen molar-refractivity contribution in [1.29, 1.82) is 0 Å². The molecule has 1 aliphatic rings. The Balaban J connectivity index is 0.000000921. The van der Waals surface area contributed by atoms with E-state index in [0.717, 1.165) is 0 Å². The molecule has 0 spiro atoms. The number of alkyl halides is 1. The van der Waals surface area contributed by atoms with Crippen LogP contribution >= 0.6 is 23.2 Å². The van der Waals surface area contributed by atoms with Gasteiger partial charge in [0, 0.05) is 10.6 Å². The van der Waals surface area contributed by atoms with Gasteiger partial charge in [-0.1, -0.05) is 50.9 Å². The van der Waals surface area contributed by atoms with Gasteiger partial charge in [-0.15, -0.1) is 0 Å². The van der Waals surface area contributed by atoms with Crippen molar-refractivity contribution in [3.05, 3.63) is 33.3 Å². The van der Waals surface area contributed by atoms with Gasteiger partial charge in [0.25, 0.3) is 0 Å². The molecule has 0 aliphatic carbocycles. The zero-order chi connectivity index (χ0) is 16.6. The van der Waals surface area contributed by atoms with E-state index in [1.165, 1.54) is 18.2 Å². The van der Waals surface area contributed by atoms with Gasteiger partial charge in [0.05, 0.1) is 10.6 Å². The van der Waals surface area contributed by atoms with Crippen LogP contribution in [0.25, 0.3) is 6.08 Å². The molecule has 2 rings (SSSR count). The smallest absolute Gasteiger partial charge is 0.335 e. The highest BCUT2D eigenvalue weighted by Crippen LogP contribution is 2.37. The van der Waals surface area contributed by atoms with Gasteiger partial charge in [0.1, 0.15) is 12.4 Å². The first-order chi connectivity index (χ1) is 10.0. The molecule has 1 atom stereocenters. The van der Waals surface area contributed by atoms with Crippen molar-refractivity contribution < 1.29 is 19.0 Å². The van der Waals surface area contributed by atoms with E-state index in [1.54, 1.807) is 0 Å². The minimum Gasteiger partial charge on any atom is -0.482 e. The average Bonchev–Trinajstić information content (AvgIpc) is 2.49. The predicted octanol–water partition coefficient (Wildman–Crippen LogP) is 5.24. The van der Waals surface area contributed by atoms with Gasteiger partial charge in [-0.2, -0.15) is 0 Å². The number of aliphatic carboxylic acids is 1. The van der Waals surface area contributed by atoms with Crippen LogP contribution in [0.2, 0.25) is 10.0 Å². The van der Waals surface area contributed by atoms with Crippen molar-refractivity contribution in [2.75, 3.05) is 6.67 Å². The van der Waals surface area contributed by atoms with Crippen molar-refractivity contribution in [2.45, 2.75) is 33.8 Å². The molecule has 1 heterocycles. The summed E-state index contributed by atoms with van der Waals surface area (Å²) in [4.78, 5) is 10.9. The number of ether oxygens (including phenoxy) is 1. The number of hydrogen-bond acceptors (Lipinski definition) is 2. The monoisotopic (exact) mass is 336 g/mol. The van der Waals surface area contributed by atoms with Gasteiger partial charge in [-0.25, -0.2) is 9.18 Å². The van der Waals surface area contributed by atoms with Crippen molar-refractivity contribution in [2.24, 2.45) is 0 Å². The summed E-state index contributed by atoms with van der Waals surface area (Å²) in [5.41, 5.74) is 0.238. The van der Waals surface area contributed by atoms with Gasteiger partial charge < -0.3 is 9.84 Å². The van der Waals surface area contributed by atoms with Crippen LogP contribution in [-0.2, 0) is 4.79 Å². The van der Waals surface area contributed by atoms with Crippen LogP contribution in [-0.4, -0.2) is 23.9 Å². The average molecular weight is 337 g/mol. The van der Waals surface area contributed by atoms with E-state index in [2.05, 4.69) is 0 Å². The molecule has 21 heavy (non-hydrogen) atoms. The second-order valence-electron chi connectivity index (χ2n) is 3.47. The highest BCUT2D eigenvalue weighted by atomic mass is 35.5. The topological polar surface area (TPSA) is 46.5 Å². The summed E-state index contributed by atoms with van der Waals surface area (Å²) >= 11 is 11.7. The predicted molar refractivity (Wildman–Crippen MR) is 85.2 cm³/mol. The molecule has 1 unspecified atom stereocenters. The van der Waals surface area contributed by atoms with E-state index in [1.807, 2.05) is 27.7 Å². The third-order valence-corrected chi connectivity index (χ3v) is 2.89. The van der Waals surface area contributed by atoms with Gasteiger partial charge in [-0.05, 0) is 18.2 Å². The van der Waals surface area contributed by atoms with E-state index >= 15 is 0 Å². The van der Waals surface area contributed by atoms with E-state index < -0.39 is 18.7 Å². The molecule has 3 nitrogen and oxygen atoms in total. The van der Waals surface area contributed by atoms with Crippen molar-refractivity contribution in [3.8, 4) is 5.75 Å². The number of hydrogen-bond donors (Lipinski definition) is 1. The molecule has 0 saturated heterocycles. The van der Waals surface area contributed by atoms with E-state index in [4.69, 9.17) is 33.0 Å². The number of fused-ring (bicyclic) bond motifs is 1. The summed E-state index contributed by atoms with van der Waals surface area (Å²) in [6.07, 6.45) is 0.180. The number of halogens is 3. The molecule has 0 saturated carbocycles. The lowest BCUT2D eigenvalue weighted by atomic mass is 10.0. The Morgan fingerprint density at radius 3 is 2.33 bits per heavy atom. The van der Waals surface area contributed by atoms with Gasteiger partial charge in [-0.3, -0.25) is 0 Å². The normalized spacial score (nSPS) is 15.2. The SMILES string of the molecule is CC.CC.O=C(O)C1=Cc2c(Cl)cc(Cl)cc2OC1CF. The fraction of sp³-hybridized carbons (Fsp3) is 0.400. The third kappa shape index (κ3) is 4.90. The second kappa shape index (κ2) is 9.64. The number of carboxylic acids is 1. The quantitative estimate of drug-likeness (QED) is 0.802. The molecule has 0 fully saturated rings. The lowest BCUT2D eigenvalue weighted by Crippen LogP contribution is -2.29. The Kier molecular flexibility index (Phi) is 9.06. The van der Waals surface area contributed by atoms with Gasteiger partial charge in [0.15, 0.2) is 6.10 Å². The van der Waals surface area contributed by atoms with Crippen LogP contribution in [0.15, 0.2) is 17.7 Å². The first-order valence-corrected chi connectivity index (χ1v) is 7.45. The van der Waals surface area contributed by atoms with E-state index in [9.17, 15) is 9.18 Å². The maximum Gasteiger partial charge on any atom is 0.335 e. The Hall–Kier alpha value is -1.26. The van der Waals surface area contributed by atoms with Crippen LogP contribution in [0.3, 0.4) is 0 Å². The lowest BCUT2D eigenvalue weighted by molar-refractivity contribution is -0.133. The van der Waals surface area contributed by atoms with E-state index in [0.29, 0.717) is 10.6 Å². The van der Waals surface area contributed by atoms with Crippen LogP contribution in [0.4, 0.5) is 4.39 Å². The largest absolute Gasteiger partial charge is 0.482 e. The zero-order valence-corrected chi connectivity index (χ0v) is 13.9. The molecule has 0 radical (unpaired) electrons. The molecule has 1 aromatic rings. The molecule has 0 aromatic heterocycles. The van der Waals surface area contributed by atoms with E-state index in [-0.39, 0.29) is 16.3 Å². The molecule has 0 bridgehead atoms. The molecule has 0 amide bonds. The first-order valence-electron chi connectivity index (χ1n) is 6.69. The molecule has 1 N–H and O–H groups in total. The Bertz CT molecular complexity index is 516. The Morgan fingerprint density at radius 1 is 1.29 bits per heavy atom. The first kappa shape index (κ1) is 19.7. The summed E-state index contributed by atoms with van der Waals surface area (Å²) in [6, 6.07) is 2.94. The third-order valence-electron chi connectivity index (χ3n) is 2.36. The molecule has 1 aliphatic heterocycles. The number of benzene rings is 1. The molecular weight excluding hydrogens is 318 g/mol. The number of rotatable bonds is 2. The minimum atomic E-state index is -1.23. The Morgan fingerprint density at radius 2 is 1.86 bits per heavy atom. The van der Waals surface area contributed by atoms with Crippen LogP contribution in [0.1, 0.15) is 33.3 Å². The molecule has 118 valence electrons. The fourth-order valence-electron chi connectivity index (χ4n) is 1.58. The number of carbonyl (C=O) groups is 1. The molecule has 6 heteroatoms. The standard InChI is InChI=1S/C11H7Cl2FO3.2C2H6/c12-5-1-8(13)6-3-7(11(15)16)10(4-14)17-9(6)2-5;2*1-2/h1-3,10H,4H2,(H,15,16);2*1-2H3. The zero-order valence-electron chi connectivity index (χ0n) is 12.4. The summed E-state index contributed by atoms with van der Waals surface area (Å²) in [5.74, 6) is -0.945. The number of carboxylic acid groups (broad SMARTS) is 1. The van der Waals surface area contributed by atoms with Crippen LogP contribution in [0, 0.1) is 0 Å². The second-order valence-corrected chi connectivity index (χ2v) is 4.31. The summed E-state index contributed by atoms with van der Waals surface area (Å²) in [7, 11) is 0. The lowest BCUT2D eigenvalue weighted by Gasteiger charge is -2.23. The van der Waals surface area contributed by atoms with Crippen LogP contribution in [0.5, 0.6) is 5.75 Å². The maximum atomic E-state index is 12.7. The molecular formula is C15H19Cl2FO3. The van der Waals surface area contributed by atoms with Crippen molar-refractivity contribution in [3.63, 3.8) is 0 Å². The van der Waals surface area contributed by atoms with Crippen molar-refractivity contribution in [1.82, 2.24) is 0 Å². The van der Waals surface area contributed by atoms with Gasteiger partial charge in [0.2, 0.25) is 0 Å². The van der Waals surface area contributed by atoms with Crippen molar-refractivity contribution >= 4 is 35.2 Å². The summed E-state index contributed by atoms with van der Waals surface area (Å²) < 4.78 is 17.9.